The van der Waals surface area contributed by atoms with Crippen LogP contribution in [-0.2, 0) is 0 Å². The molecular formula is C12H11NO. The van der Waals surface area contributed by atoms with Gasteiger partial charge < -0.3 is 5.11 Å². The number of aromatic hydroxyl groups is 1. The van der Waals surface area contributed by atoms with Gasteiger partial charge in [0.15, 0.2) is 0 Å². The minimum atomic E-state index is 0.334. The smallest absolute Gasteiger partial charge is 0.126 e. The highest BCUT2D eigenvalue weighted by Gasteiger charge is 2.04. The largest absolute Gasteiger partial charge is 0.507 e. The molecule has 1 aromatic heterocycles. The van der Waals surface area contributed by atoms with Gasteiger partial charge in [-0.25, -0.2) is 0 Å². The van der Waals surface area contributed by atoms with Gasteiger partial charge in [-0.2, -0.15) is 0 Å². The van der Waals surface area contributed by atoms with Crippen molar-refractivity contribution in [1.82, 2.24) is 4.98 Å². The van der Waals surface area contributed by atoms with E-state index in [9.17, 15) is 5.11 Å². The highest BCUT2D eigenvalue weighted by atomic mass is 16.3. The summed E-state index contributed by atoms with van der Waals surface area (Å²) in [5.41, 5.74) is 2.65. The van der Waals surface area contributed by atoms with Crippen LogP contribution in [0.1, 0.15) is 5.56 Å². The van der Waals surface area contributed by atoms with E-state index in [1.807, 2.05) is 37.3 Å². The Bertz CT molecular complexity index is 437. The fourth-order valence-electron chi connectivity index (χ4n) is 1.41. The van der Waals surface area contributed by atoms with Gasteiger partial charge in [0, 0.05) is 23.5 Å². The maximum Gasteiger partial charge on any atom is 0.126 e. The quantitative estimate of drug-likeness (QED) is 0.741. The fraction of sp³-hybridized carbons (Fsp3) is 0.0833. The van der Waals surface area contributed by atoms with Crippen molar-refractivity contribution in [2.24, 2.45) is 0 Å². The van der Waals surface area contributed by atoms with Crippen molar-refractivity contribution in [2.75, 3.05) is 0 Å². The second-order valence-corrected chi connectivity index (χ2v) is 3.21. The first-order chi connectivity index (χ1) is 6.79. The van der Waals surface area contributed by atoms with E-state index in [2.05, 4.69) is 4.98 Å². The van der Waals surface area contributed by atoms with Gasteiger partial charge in [-0.15, -0.1) is 0 Å². The zero-order chi connectivity index (χ0) is 9.97. The topological polar surface area (TPSA) is 33.1 Å². The van der Waals surface area contributed by atoms with Crippen LogP contribution in [0, 0.1) is 6.92 Å². The van der Waals surface area contributed by atoms with Gasteiger partial charge in [-0.05, 0) is 18.6 Å². The van der Waals surface area contributed by atoms with E-state index in [4.69, 9.17) is 0 Å². The van der Waals surface area contributed by atoms with Crippen molar-refractivity contribution in [2.45, 2.75) is 6.92 Å². The lowest BCUT2D eigenvalue weighted by molar-refractivity contribution is 0.473. The number of phenols is 1. The molecule has 1 N–H and O–H groups in total. The Balaban J connectivity index is 2.58. The summed E-state index contributed by atoms with van der Waals surface area (Å²) in [4.78, 5) is 4.02. The molecule has 0 atom stereocenters. The summed E-state index contributed by atoms with van der Waals surface area (Å²) in [7, 11) is 0. The molecule has 2 heteroatoms. The van der Waals surface area contributed by atoms with Crippen LogP contribution in [0.4, 0.5) is 0 Å². The molecule has 0 spiro atoms. The number of hydrogen-bond acceptors (Lipinski definition) is 2. The maximum atomic E-state index is 9.82. The zero-order valence-electron chi connectivity index (χ0n) is 7.94. The second kappa shape index (κ2) is 3.50. The number of hydrogen-bond donors (Lipinski definition) is 1. The van der Waals surface area contributed by atoms with Crippen molar-refractivity contribution in [1.29, 1.82) is 0 Å². The molecule has 2 rings (SSSR count). The molecule has 0 saturated carbocycles. The minimum absolute atomic E-state index is 0.334. The predicted molar refractivity (Wildman–Crippen MR) is 56.1 cm³/mol. The van der Waals surface area contributed by atoms with Crippen LogP contribution in [0.3, 0.4) is 0 Å². The standard InChI is InChI=1S/C12H11NO/c1-9-4-2-6-11(12(9)14)10-5-3-7-13-8-10/h2-8,14H,1H3. The third-order valence-electron chi connectivity index (χ3n) is 2.21. The third-order valence-corrected chi connectivity index (χ3v) is 2.21. The Morgan fingerprint density at radius 1 is 1.14 bits per heavy atom. The number of nitrogens with zero attached hydrogens (tertiary/aromatic N) is 1. The molecule has 2 nitrogen and oxygen atoms in total. The summed E-state index contributed by atoms with van der Waals surface area (Å²) in [6, 6.07) is 9.49. The molecule has 0 radical (unpaired) electrons. The lowest BCUT2D eigenvalue weighted by atomic mass is 10.0. The van der Waals surface area contributed by atoms with Crippen molar-refractivity contribution in [3.63, 3.8) is 0 Å². The molecule has 0 fully saturated rings. The van der Waals surface area contributed by atoms with Gasteiger partial charge in [-0.1, -0.05) is 24.3 Å². The van der Waals surface area contributed by atoms with Gasteiger partial charge in [0.05, 0.1) is 0 Å². The minimum Gasteiger partial charge on any atom is -0.507 e. The molecule has 0 aliphatic heterocycles. The molecule has 2 aromatic rings. The Labute approximate surface area is 82.9 Å². The highest BCUT2D eigenvalue weighted by Crippen LogP contribution is 2.30. The van der Waals surface area contributed by atoms with E-state index < -0.39 is 0 Å². The molecule has 1 heterocycles. The fourth-order valence-corrected chi connectivity index (χ4v) is 1.41. The van der Waals surface area contributed by atoms with Crippen LogP contribution in [0.25, 0.3) is 11.1 Å². The van der Waals surface area contributed by atoms with Crippen LogP contribution in [-0.4, -0.2) is 10.1 Å². The molecule has 0 saturated heterocycles. The van der Waals surface area contributed by atoms with Crippen molar-refractivity contribution in [3.05, 3.63) is 48.3 Å². The van der Waals surface area contributed by atoms with Gasteiger partial charge in [0.2, 0.25) is 0 Å². The van der Waals surface area contributed by atoms with Crippen molar-refractivity contribution < 1.29 is 5.11 Å². The number of phenolic OH excluding ortho intramolecular Hbond substituents is 1. The third kappa shape index (κ3) is 1.46. The average molecular weight is 185 g/mol. The van der Waals surface area contributed by atoms with Crippen LogP contribution in [0.15, 0.2) is 42.7 Å². The van der Waals surface area contributed by atoms with Gasteiger partial charge in [0.1, 0.15) is 5.75 Å². The number of benzene rings is 1. The van der Waals surface area contributed by atoms with E-state index in [1.54, 1.807) is 12.4 Å². The SMILES string of the molecule is Cc1cccc(-c2cccnc2)c1O. The lowest BCUT2D eigenvalue weighted by Crippen LogP contribution is -1.82. The van der Waals surface area contributed by atoms with Crippen molar-refractivity contribution in [3.8, 4) is 16.9 Å². The lowest BCUT2D eigenvalue weighted by Gasteiger charge is -2.05. The molecule has 0 aliphatic carbocycles. The Morgan fingerprint density at radius 3 is 2.71 bits per heavy atom. The van der Waals surface area contributed by atoms with E-state index in [1.165, 1.54) is 0 Å². The molecule has 0 bridgehead atoms. The molecule has 70 valence electrons. The molecule has 0 amide bonds. The van der Waals surface area contributed by atoms with E-state index in [-0.39, 0.29) is 0 Å². The first-order valence-electron chi connectivity index (χ1n) is 4.48. The molecular weight excluding hydrogens is 174 g/mol. The first-order valence-corrected chi connectivity index (χ1v) is 4.48. The van der Waals surface area contributed by atoms with E-state index in [0.29, 0.717) is 5.75 Å². The number of rotatable bonds is 1. The normalized spacial score (nSPS) is 10.1. The summed E-state index contributed by atoms with van der Waals surface area (Å²) < 4.78 is 0. The maximum absolute atomic E-state index is 9.82. The molecule has 0 aliphatic rings. The van der Waals surface area contributed by atoms with Crippen LogP contribution < -0.4 is 0 Å². The van der Waals surface area contributed by atoms with Crippen LogP contribution in [0.2, 0.25) is 0 Å². The van der Waals surface area contributed by atoms with Gasteiger partial charge in [-0.3, -0.25) is 4.98 Å². The number of aromatic nitrogens is 1. The second-order valence-electron chi connectivity index (χ2n) is 3.21. The van der Waals surface area contributed by atoms with Crippen LogP contribution in [0.5, 0.6) is 5.75 Å². The monoisotopic (exact) mass is 185 g/mol. The van der Waals surface area contributed by atoms with E-state index in [0.717, 1.165) is 16.7 Å². The summed E-state index contributed by atoms with van der Waals surface area (Å²) >= 11 is 0. The van der Waals surface area contributed by atoms with Crippen molar-refractivity contribution >= 4 is 0 Å². The zero-order valence-corrected chi connectivity index (χ0v) is 7.94. The summed E-state index contributed by atoms with van der Waals surface area (Å²) in [5, 5.41) is 9.82. The molecule has 1 aromatic carbocycles. The molecule has 14 heavy (non-hydrogen) atoms. The Kier molecular flexibility index (Phi) is 2.19. The van der Waals surface area contributed by atoms with Gasteiger partial charge >= 0.3 is 0 Å². The van der Waals surface area contributed by atoms with E-state index >= 15 is 0 Å². The number of para-hydroxylation sites is 1. The summed E-state index contributed by atoms with van der Waals surface area (Å²) in [6.45, 7) is 1.88. The molecule has 0 unspecified atom stereocenters. The average Bonchev–Trinajstić information content (AvgIpc) is 2.23. The Hall–Kier alpha value is -1.83. The summed E-state index contributed by atoms with van der Waals surface area (Å²) in [5.74, 6) is 0.334. The summed E-state index contributed by atoms with van der Waals surface area (Å²) in [6.07, 6.45) is 3.46. The van der Waals surface area contributed by atoms with Crippen LogP contribution >= 0.6 is 0 Å². The predicted octanol–water partition coefficient (Wildman–Crippen LogP) is 2.76. The first kappa shape index (κ1) is 8.75. The highest BCUT2D eigenvalue weighted by molar-refractivity contribution is 5.70. The number of aryl methyl sites for hydroxylation is 1. The number of pyridine rings is 1. The Morgan fingerprint density at radius 2 is 2.00 bits per heavy atom. The van der Waals surface area contributed by atoms with Gasteiger partial charge in [0.25, 0.3) is 0 Å².